The van der Waals surface area contributed by atoms with Gasteiger partial charge in [-0.3, -0.25) is 4.98 Å². The Kier molecular flexibility index (Phi) is 2.19. The second-order valence-electron chi connectivity index (χ2n) is 5.42. The van der Waals surface area contributed by atoms with Crippen LogP contribution in [-0.4, -0.2) is 19.9 Å². The molecule has 22 heavy (non-hydrogen) atoms. The molecule has 2 aromatic carbocycles. The molecule has 0 aliphatic rings. The van der Waals surface area contributed by atoms with Gasteiger partial charge in [0.05, 0.1) is 28.4 Å². The molecule has 0 spiro atoms. The van der Waals surface area contributed by atoms with Gasteiger partial charge in [-0.15, -0.1) is 0 Å². The summed E-state index contributed by atoms with van der Waals surface area (Å²) >= 11 is 0. The zero-order chi connectivity index (χ0) is 14.5. The first-order chi connectivity index (χ1) is 10.9. The molecular weight excluding hydrogens is 272 g/mol. The summed E-state index contributed by atoms with van der Waals surface area (Å²) in [6, 6.07) is 16.7. The van der Waals surface area contributed by atoms with Gasteiger partial charge in [0.25, 0.3) is 0 Å². The van der Waals surface area contributed by atoms with Crippen LogP contribution < -0.4 is 0 Å². The molecule has 0 saturated carbocycles. The van der Waals surface area contributed by atoms with Crippen molar-refractivity contribution >= 4 is 33.0 Å². The minimum atomic E-state index is 0.986. The van der Waals surface area contributed by atoms with E-state index in [1.54, 1.807) is 6.33 Å². The smallest absolute Gasteiger partial charge is 0.0957 e. The molecule has 0 bridgehead atoms. The Hall–Kier alpha value is -3.14. The predicted octanol–water partition coefficient (Wildman–Crippen LogP) is 4.26. The Morgan fingerprint density at radius 3 is 2.59 bits per heavy atom. The molecule has 0 unspecified atom stereocenters. The maximum Gasteiger partial charge on any atom is 0.0957 e. The summed E-state index contributed by atoms with van der Waals surface area (Å²) < 4.78 is 0. The van der Waals surface area contributed by atoms with Crippen molar-refractivity contribution in [1.29, 1.82) is 0 Å². The number of aromatic nitrogens is 4. The number of benzene rings is 2. The second-order valence-corrected chi connectivity index (χ2v) is 5.42. The highest BCUT2D eigenvalue weighted by molar-refractivity contribution is 6.05. The van der Waals surface area contributed by atoms with Crippen molar-refractivity contribution in [2.75, 3.05) is 0 Å². The fraction of sp³-hybridized carbons (Fsp3) is 0. The van der Waals surface area contributed by atoms with E-state index in [1.807, 2.05) is 18.3 Å². The Morgan fingerprint density at radius 1 is 0.773 bits per heavy atom. The van der Waals surface area contributed by atoms with Crippen molar-refractivity contribution in [2.45, 2.75) is 0 Å². The Labute approximate surface area is 125 Å². The molecule has 104 valence electrons. The molecule has 0 fully saturated rings. The lowest BCUT2D eigenvalue weighted by atomic mass is 10.0. The second kappa shape index (κ2) is 4.18. The van der Waals surface area contributed by atoms with Crippen molar-refractivity contribution in [3.8, 4) is 11.1 Å². The van der Waals surface area contributed by atoms with Crippen molar-refractivity contribution in [1.82, 2.24) is 19.9 Å². The van der Waals surface area contributed by atoms with Crippen LogP contribution in [0.4, 0.5) is 0 Å². The number of imidazole rings is 1. The molecule has 4 heteroatoms. The maximum atomic E-state index is 4.46. The minimum Gasteiger partial charge on any atom is -0.353 e. The lowest BCUT2D eigenvalue weighted by molar-refractivity contribution is 1.34. The van der Waals surface area contributed by atoms with E-state index in [1.165, 1.54) is 11.1 Å². The molecule has 0 aliphatic carbocycles. The lowest BCUT2D eigenvalue weighted by Crippen LogP contribution is -1.79. The lowest BCUT2D eigenvalue weighted by Gasteiger charge is -2.02. The largest absolute Gasteiger partial charge is 0.353 e. The Bertz CT molecular complexity index is 1130. The van der Waals surface area contributed by atoms with Crippen LogP contribution in [0.5, 0.6) is 0 Å². The highest BCUT2D eigenvalue weighted by Gasteiger charge is 2.07. The fourth-order valence-electron chi connectivity index (χ4n) is 3.01. The molecule has 4 nitrogen and oxygen atoms in total. The molecule has 0 radical (unpaired) electrons. The first-order valence-corrected chi connectivity index (χ1v) is 7.18. The van der Waals surface area contributed by atoms with E-state index < -0.39 is 0 Å². The van der Waals surface area contributed by atoms with Gasteiger partial charge in [0, 0.05) is 17.1 Å². The molecule has 0 atom stereocenters. The third-order valence-corrected chi connectivity index (χ3v) is 4.11. The van der Waals surface area contributed by atoms with Gasteiger partial charge in [0.15, 0.2) is 0 Å². The fourth-order valence-corrected chi connectivity index (χ4v) is 3.01. The van der Waals surface area contributed by atoms with Gasteiger partial charge in [-0.25, -0.2) is 4.98 Å². The summed E-state index contributed by atoms with van der Waals surface area (Å²) in [6.07, 6.45) is 3.55. The van der Waals surface area contributed by atoms with Crippen LogP contribution in [0.2, 0.25) is 0 Å². The van der Waals surface area contributed by atoms with Gasteiger partial charge in [0.2, 0.25) is 0 Å². The highest BCUT2D eigenvalue weighted by Crippen LogP contribution is 2.29. The van der Waals surface area contributed by atoms with Crippen LogP contribution in [0.3, 0.4) is 0 Å². The summed E-state index contributed by atoms with van der Waals surface area (Å²) in [4.78, 5) is 15.3. The number of fused-ring (bicyclic) bond motifs is 4. The van der Waals surface area contributed by atoms with Crippen LogP contribution in [-0.2, 0) is 0 Å². The van der Waals surface area contributed by atoms with Crippen molar-refractivity contribution < 1.29 is 0 Å². The normalized spacial score (nSPS) is 11.6. The monoisotopic (exact) mass is 284 g/mol. The predicted molar refractivity (Wildman–Crippen MR) is 88.7 cm³/mol. The van der Waals surface area contributed by atoms with E-state index in [9.17, 15) is 0 Å². The van der Waals surface area contributed by atoms with Crippen molar-refractivity contribution in [3.63, 3.8) is 0 Å². The maximum absolute atomic E-state index is 4.46. The number of hydrogen-bond acceptors (Lipinski definition) is 2. The van der Waals surface area contributed by atoms with Crippen LogP contribution in [0.1, 0.15) is 0 Å². The molecule has 0 amide bonds. The van der Waals surface area contributed by atoms with Crippen molar-refractivity contribution in [3.05, 3.63) is 61.1 Å². The molecular formula is C18H12N4. The van der Waals surface area contributed by atoms with Gasteiger partial charge >= 0.3 is 0 Å². The number of nitrogens with one attached hydrogen (secondary N) is 2. The molecule has 0 saturated heterocycles. The van der Waals surface area contributed by atoms with Gasteiger partial charge in [0.1, 0.15) is 0 Å². The molecule has 3 aromatic heterocycles. The van der Waals surface area contributed by atoms with Crippen LogP contribution in [0, 0.1) is 0 Å². The van der Waals surface area contributed by atoms with E-state index in [-0.39, 0.29) is 0 Å². The van der Waals surface area contributed by atoms with Crippen LogP contribution in [0.25, 0.3) is 44.1 Å². The van der Waals surface area contributed by atoms with Crippen LogP contribution >= 0.6 is 0 Å². The van der Waals surface area contributed by atoms with Crippen molar-refractivity contribution in [2.24, 2.45) is 0 Å². The molecule has 5 rings (SSSR count). The van der Waals surface area contributed by atoms with E-state index in [2.05, 4.69) is 56.3 Å². The third kappa shape index (κ3) is 1.58. The van der Waals surface area contributed by atoms with Crippen LogP contribution in [0.15, 0.2) is 61.1 Å². The Morgan fingerprint density at radius 2 is 1.64 bits per heavy atom. The molecule has 3 heterocycles. The standard InChI is InChI=1S/C18H12N4/c1-2-15-18(19-7-1)13-5-3-11(8-16(13)22-15)12-4-6-14-17(9-12)21-10-20-14/h1-10,22H,(H,20,21). The Balaban J connectivity index is 1.75. The zero-order valence-corrected chi connectivity index (χ0v) is 11.7. The number of H-pyrrole nitrogens is 2. The first kappa shape index (κ1) is 11.5. The number of nitrogens with zero attached hydrogens (tertiary/aromatic N) is 2. The van der Waals surface area contributed by atoms with Gasteiger partial charge in [-0.1, -0.05) is 18.2 Å². The zero-order valence-electron chi connectivity index (χ0n) is 11.7. The van der Waals surface area contributed by atoms with E-state index in [0.717, 1.165) is 33.0 Å². The van der Waals surface area contributed by atoms with Gasteiger partial charge in [-0.2, -0.15) is 0 Å². The SMILES string of the molecule is c1cnc2c(c1)[nH]c1cc(-c3ccc4nc[nH]c4c3)ccc12. The topological polar surface area (TPSA) is 57.4 Å². The summed E-state index contributed by atoms with van der Waals surface area (Å²) in [5, 5.41) is 1.15. The third-order valence-electron chi connectivity index (χ3n) is 4.11. The number of aromatic amines is 2. The highest BCUT2D eigenvalue weighted by atomic mass is 14.9. The first-order valence-electron chi connectivity index (χ1n) is 7.18. The number of hydrogen-bond donors (Lipinski definition) is 2. The average Bonchev–Trinajstić information content (AvgIpc) is 3.17. The van der Waals surface area contributed by atoms with E-state index in [4.69, 9.17) is 0 Å². The summed E-state index contributed by atoms with van der Waals surface area (Å²) in [7, 11) is 0. The summed E-state index contributed by atoms with van der Waals surface area (Å²) in [5.41, 5.74) is 7.58. The molecule has 2 N–H and O–H groups in total. The van der Waals surface area contributed by atoms with Gasteiger partial charge in [-0.05, 0) is 41.5 Å². The average molecular weight is 284 g/mol. The summed E-state index contributed by atoms with van der Waals surface area (Å²) in [6.45, 7) is 0. The molecule has 0 aliphatic heterocycles. The number of pyridine rings is 1. The minimum absolute atomic E-state index is 0.986. The number of rotatable bonds is 1. The molecule has 5 aromatic rings. The van der Waals surface area contributed by atoms with E-state index in [0.29, 0.717) is 0 Å². The van der Waals surface area contributed by atoms with E-state index >= 15 is 0 Å². The van der Waals surface area contributed by atoms with Gasteiger partial charge < -0.3 is 9.97 Å². The quantitative estimate of drug-likeness (QED) is 0.483. The summed E-state index contributed by atoms with van der Waals surface area (Å²) in [5.74, 6) is 0.